The van der Waals surface area contributed by atoms with Crippen LogP contribution in [0.1, 0.15) is 29.5 Å². The van der Waals surface area contributed by atoms with Crippen LogP contribution in [0, 0.1) is 6.92 Å². The van der Waals surface area contributed by atoms with E-state index in [1.807, 2.05) is 56.4 Å². The molecule has 3 aromatic rings. The lowest BCUT2D eigenvalue weighted by atomic mass is 9.87. The topological polar surface area (TPSA) is 76.1 Å². The van der Waals surface area contributed by atoms with Crippen molar-refractivity contribution in [3.8, 4) is 22.6 Å². The molecule has 7 nitrogen and oxygen atoms in total. The lowest BCUT2D eigenvalue weighted by Crippen LogP contribution is -2.46. The van der Waals surface area contributed by atoms with Gasteiger partial charge in [-0.05, 0) is 78.9 Å². The average Bonchev–Trinajstić information content (AvgIpc) is 3.61. The van der Waals surface area contributed by atoms with Crippen molar-refractivity contribution < 1.29 is 22.7 Å². The Bertz CT molecular complexity index is 1490. The molecule has 0 N–H and O–H groups in total. The van der Waals surface area contributed by atoms with Crippen LogP contribution < -0.4 is 9.47 Å². The van der Waals surface area contributed by atoms with Crippen LogP contribution in [-0.2, 0) is 26.7 Å². The Morgan fingerprint density at radius 1 is 0.895 bits per heavy atom. The first-order valence-electron chi connectivity index (χ1n) is 13.1. The van der Waals surface area contributed by atoms with E-state index in [4.69, 9.17) is 9.47 Å². The minimum atomic E-state index is -3.51. The van der Waals surface area contributed by atoms with Crippen molar-refractivity contribution in [2.75, 3.05) is 40.0 Å². The maximum atomic E-state index is 13.5. The Morgan fingerprint density at radius 2 is 1.61 bits per heavy atom. The van der Waals surface area contributed by atoms with Crippen LogP contribution in [0.5, 0.6) is 11.5 Å². The number of fused-ring (bicyclic) bond motifs is 1. The van der Waals surface area contributed by atoms with Gasteiger partial charge in [-0.2, -0.15) is 4.31 Å². The standard InChI is InChI=1S/C30H32N2O5S/c1-21-3-4-22(18-29(33)30(11-12-30)24-7-10-27-28(19-24)37-20-36-27)17-26(21)23-5-8-25(9-6-23)38(34,35)32-15-13-31(2)14-16-32/h3-10,17,19H,11-16,18,20H2,1-2H3. The Kier molecular flexibility index (Phi) is 6.29. The highest BCUT2D eigenvalue weighted by Crippen LogP contribution is 2.51. The van der Waals surface area contributed by atoms with E-state index in [9.17, 15) is 13.2 Å². The summed E-state index contributed by atoms with van der Waals surface area (Å²) in [6.45, 7) is 4.72. The first-order valence-corrected chi connectivity index (χ1v) is 14.5. The Balaban J connectivity index is 1.20. The van der Waals surface area contributed by atoms with Gasteiger partial charge in [0.15, 0.2) is 11.5 Å². The third-order valence-corrected chi connectivity index (χ3v) is 10.1. The number of ketones is 1. The van der Waals surface area contributed by atoms with Gasteiger partial charge in [-0.25, -0.2) is 8.42 Å². The van der Waals surface area contributed by atoms with Gasteiger partial charge in [0, 0.05) is 32.6 Å². The molecule has 38 heavy (non-hydrogen) atoms. The maximum Gasteiger partial charge on any atom is 0.243 e. The van der Waals surface area contributed by atoms with E-state index < -0.39 is 15.4 Å². The molecule has 3 aromatic carbocycles. The summed E-state index contributed by atoms with van der Waals surface area (Å²) in [4.78, 5) is 16.0. The van der Waals surface area contributed by atoms with E-state index in [1.54, 1.807) is 16.4 Å². The van der Waals surface area contributed by atoms with Gasteiger partial charge in [0.2, 0.25) is 16.8 Å². The Hall–Kier alpha value is -3.20. The lowest BCUT2D eigenvalue weighted by molar-refractivity contribution is -0.120. The highest BCUT2D eigenvalue weighted by Gasteiger charge is 2.50. The van der Waals surface area contributed by atoms with Crippen molar-refractivity contribution in [3.05, 3.63) is 77.4 Å². The van der Waals surface area contributed by atoms with Crippen molar-refractivity contribution in [1.29, 1.82) is 0 Å². The quantitative estimate of drug-likeness (QED) is 0.455. The van der Waals surface area contributed by atoms with Crippen molar-refractivity contribution in [2.24, 2.45) is 0 Å². The summed E-state index contributed by atoms with van der Waals surface area (Å²) in [7, 11) is -1.51. The second kappa shape index (κ2) is 9.52. The summed E-state index contributed by atoms with van der Waals surface area (Å²) >= 11 is 0. The summed E-state index contributed by atoms with van der Waals surface area (Å²) in [5.74, 6) is 1.64. The molecule has 6 rings (SSSR count). The lowest BCUT2D eigenvalue weighted by Gasteiger charge is -2.31. The molecule has 0 radical (unpaired) electrons. The highest BCUT2D eigenvalue weighted by molar-refractivity contribution is 7.89. The molecule has 2 fully saturated rings. The molecule has 198 valence electrons. The summed E-state index contributed by atoms with van der Waals surface area (Å²) in [6, 6.07) is 19.1. The van der Waals surface area contributed by atoms with Crippen LogP contribution in [0.2, 0.25) is 0 Å². The fourth-order valence-electron chi connectivity index (χ4n) is 5.48. The first kappa shape index (κ1) is 25.1. The number of carbonyl (C=O) groups is 1. The number of sulfonamides is 1. The number of hydrogen-bond donors (Lipinski definition) is 0. The fourth-order valence-corrected chi connectivity index (χ4v) is 6.90. The molecule has 2 heterocycles. The number of aryl methyl sites for hydroxylation is 1. The SMILES string of the molecule is Cc1ccc(CC(=O)C2(c3ccc4c(c3)OCO4)CC2)cc1-c1ccc(S(=O)(=O)N2CCN(C)CC2)cc1. The first-order chi connectivity index (χ1) is 18.3. The molecule has 1 saturated carbocycles. The zero-order valence-electron chi connectivity index (χ0n) is 21.8. The summed E-state index contributed by atoms with van der Waals surface area (Å²) in [5, 5.41) is 0. The summed E-state index contributed by atoms with van der Waals surface area (Å²) in [5.41, 5.74) is 4.52. The number of likely N-dealkylation sites (N-methyl/N-ethyl adjacent to an activating group) is 1. The monoisotopic (exact) mass is 532 g/mol. The maximum absolute atomic E-state index is 13.5. The number of benzene rings is 3. The van der Waals surface area contributed by atoms with E-state index >= 15 is 0 Å². The molecular weight excluding hydrogens is 500 g/mol. The molecular formula is C30H32N2O5S. The molecule has 3 aliphatic rings. The van der Waals surface area contributed by atoms with Crippen LogP contribution in [0.15, 0.2) is 65.6 Å². The van der Waals surface area contributed by atoms with E-state index in [0.29, 0.717) is 30.2 Å². The van der Waals surface area contributed by atoms with Gasteiger partial charge in [0.1, 0.15) is 5.78 Å². The Morgan fingerprint density at radius 3 is 2.32 bits per heavy atom. The number of ether oxygens (including phenoxy) is 2. The molecule has 1 aliphatic carbocycles. The van der Waals surface area contributed by atoms with Gasteiger partial charge in [-0.15, -0.1) is 0 Å². The van der Waals surface area contributed by atoms with Crippen molar-refractivity contribution in [2.45, 2.75) is 36.5 Å². The van der Waals surface area contributed by atoms with Gasteiger partial charge in [-0.1, -0.05) is 36.4 Å². The van der Waals surface area contributed by atoms with Crippen LogP contribution in [0.25, 0.3) is 11.1 Å². The molecule has 1 saturated heterocycles. The Labute approximate surface area is 224 Å². The van der Waals surface area contributed by atoms with E-state index in [-0.39, 0.29) is 12.6 Å². The largest absolute Gasteiger partial charge is 0.454 e. The van der Waals surface area contributed by atoms with Crippen LogP contribution in [0.4, 0.5) is 0 Å². The normalized spacial score (nSPS) is 18.9. The molecule has 2 aliphatic heterocycles. The van der Waals surface area contributed by atoms with Gasteiger partial charge >= 0.3 is 0 Å². The minimum Gasteiger partial charge on any atom is -0.454 e. The summed E-state index contributed by atoms with van der Waals surface area (Å²) < 4.78 is 38.8. The molecule has 8 heteroatoms. The van der Waals surface area contributed by atoms with Gasteiger partial charge < -0.3 is 14.4 Å². The number of nitrogens with zero attached hydrogens (tertiary/aromatic N) is 2. The van der Waals surface area contributed by atoms with Gasteiger partial charge in [0.05, 0.1) is 10.3 Å². The number of Topliss-reactive ketones (excluding diaryl/α,β-unsaturated/α-hetero) is 1. The average molecular weight is 533 g/mol. The van der Waals surface area contributed by atoms with E-state index in [2.05, 4.69) is 11.0 Å². The number of rotatable bonds is 7. The van der Waals surface area contributed by atoms with Crippen LogP contribution in [0.3, 0.4) is 0 Å². The number of piperazine rings is 1. The zero-order valence-corrected chi connectivity index (χ0v) is 22.6. The highest BCUT2D eigenvalue weighted by atomic mass is 32.2. The molecule has 0 aromatic heterocycles. The predicted octanol–water partition coefficient (Wildman–Crippen LogP) is 4.17. The summed E-state index contributed by atoms with van der Waals surface area (Å²) in [6.07, 6.45) is 2.03. The molecule has 0 atom stereocenters. The third kappa shape index (κ3) is 4.51. The second-order valence-corrected chi connectivity index (χ2v) is 12.6. The molecule has 0 unspecified atom stereocenters. The fraction of sp³-hybridized carbons (Fsp3) is 0.367. The number of hydrogen-bond acceptors (Lipinski definition) is 6. The third-order valence-electron chi connectivity index (χ3n) is 8.14. The smallest absolute Gasteiger partial charge is 0.243 e. The van der Waals surface area contributed by atoms with E-state index in [0.717, 1.165) is 59.5 Å². The molecule has 0 bridgehead atoms. The van der Waals surface area contributed by atoms with Crippen LogP contribution in [-0.4, -0.2) is 63.4 Å². The number of carbonyl (C=O) groups excluding carboxylic acids is 1. The second-order valence-electron chi connectivity index (χ2n) is 10.6. The molecule has 0 amide bonds. The van der Waals surface area contributed by atoms with Crippen LogP contribution >= 0.6 is 0 Å². The predicted molar refractivity (Wildman–Crippen MR) is 145 cm³/mol. The van der Waals surface area contributed by atoms with Gasteiger partial charge in [0.25, 0.3) is 0 Å². The van der Waals surface area contributed by atoms with Crippen molar-refractivity contribution in [1.82, 2.24) is 9.21 Å². The van der Waals surface area contributed by atoms with Crippen molar-refractivity contribution >= 4 is 15.8 Å². The van der Waals surface area contributed by atoms with Crippen molar-refractivity contribution in [3.63, 3.8) is 0 Å². The molecule has 0 spiro atoms. The minimum absolute atomic E-state index is 0.208. The van der Waals surface area contributed by atoms with Gasteiger partial charge in [-0.3, -0.25) is 4.79 Å². The van der Waals surface area contributed by atoms with E-state index in [1.165, 1.54) is 0 Å². The zero-order chi connectivity index (χ0) is 26.5.